The lowest BCUT2D eigenvalue weighted by Gasteiger charge is -2.28. The van der Waals surface area contributed by atoms with E-state index in [0.29, 0.717) is 31.0 Å². The quantitative estimate of drug-likeness (QED) is 0.747. The van der Waals surface area contributed by atoms with Crippen LogP contribution >= 0.6 is 12.4 Å². The Morgan fingerprint density at radius 1 is 1.31 bits per heavy atom. The molecular weight excluding hydrogens is 348 g/mol. The van der Waals surface area contributed by atoms with Gasteiger partial charge in [0.05, 0.1) is 6.10 Å². The van der Waals surface area contributed by atoms with Crippen LogP contribution in [0.15, 0.2) is 18.2 Å². The minimum absolute atomic E-state index is 0. The van der Waals surface area contributed by atoms with Crippen LogP contribution in [-0.4, -0.2) is 24.1 Å². The molecule has 0 spiro atoms. The van der Waals surface area contributed by atoms with Gasteiger partial charge in [-0.1, -0.05) is 19.1 Å². The molecule has 3 rings (SSSR count). The summed E-state index contributed by atoms with van der Waals surface area (Å²) in [5, 5.41) is 6.75. The molecule has 3 unspecified atom stereocenters. The zero-order valence-electron chi connectivity index (χ0n) is 16.2. The summed E-state index contributed by atoms with van der Waals surface area (Å²) in [7, 11) is 0. The first kappa shape index (κ1) is 21.0. The van der Waals surface area contributed by atoms with E-state index in [0.717, 1.165) is 30.6 Å². The van der Waals surface area contributed by atoms with Gasteiger partial charge in [0.15, 0.2) is 0 Å². The van der Waals surface area contributed by atoms with Crippen molar-refractivity contribution in [3.8, 4) is 5.75 Å². The molecule has 26 heavy (non-hydrogen) atoms. The van der Waals surface area contributed by atoms with Gasteiger partial charge in [-0.05, 0) is 63.5 Å². The fourth-order valence-electron chi connectivity index (χ4n) is 4.09. The Balaban J connectivity index is 0.00000243. The summed E-state index contributed by atoms with van der Waals surface area (Å²) in [6.07, 6.45) is 6.67. The fourth-order valence-corrected chi connectivity index (χ4v) is 4.09. The van der Waals surface area contributed by atoms with E-state index in [2.05, 4.69) is 49.6 Å². The molecule has 2 bridgehead atoms. The maximum absolute atomic E-state index is 12.4. The lowest BCUT2D eigenvalue weighted by molar-refractivity contribution is -0.122. The largest absolute Gasteiger partial charge is 0.490 e. The van der Waals surface area contributed by atoms with Crippen LogP contribution < -0.4 is 15.4 Å². The summed E-state index contributed by atoms with van der Waals surface area (Å²) in [5.74, 6) is 1.60. The second-order valence-electron chi connectivity index (χ2n) is 7.90. The Kier molecular flexibility index (Phi) is 7.78. The van der Waals surface area contributed by atoms with Crippen molar-refractivity contribution < 1.29 is 9.53 Å². The first-order valence-corrected chi connectivity index (χ1v) is 9.82. The standard InChI is InChI=1S/C21H32N2O2.ClH/c1-4-15(3)25-20-9-14(2)5-6-17(20)13-22-21(24)12-16-10-18-7-8-19(11-16)23-18;/h5-6,9,15-16,18-19,23H,4,7-8,10-13H2,1-3H3,(H,22,24);1H. The predicted molar refractivity (Wildman–Crippen MR) is 108 cm³/mol. The number of hydrogen-bond acceptors (Lipinski definition) is 3. The highest BCUT2D eigenvalue weighted by Crippen LogP contribution is 2.32. The number of halogens is 1. The third-order valence-electron chi connectivity index (χ3n) is 5.65. The molecule has 1 aromatic rings. The first-order valence-electron chi connectivity index (χ1n) is 9.82. The Hall–Kier alpha value is -1.26. The van der Waals surface area contributed by atoms with E-state index < -0.39 is 0 Å². The molecule has 5 heteroatoms. The van der Waals surface area contributed by atoms with Gasteiger partial charge in [0.25, 0.3) is 0 Å². The number of nitrogens with one attached hydrogen (secondary N) is 2. The van der Waals surface area contributed by atoms with Crippen LogP contribution in [0.25, 0.3) is 0 Å². The summed E-state index contributed by atoms with van der Waals surface area (Å²) in [6, 6.07) is 7.50. The zero-order chi connectivity index (χ0) is 17.8. The number of amides is 1. The van der Waals surface area contributed by atoms with Crippen molar-refractivity contribution in [2.24, 2.45) is 5.92 Å². The lowest BCUT2D eigenvalue weighted by atomic mass is 9.89. The molecule has 2 N–H and O–H groups in total. The van der Waals surface area contributed by atoms with Crippen LogP contribution in [0.4, 0.5) is 0 Å². The number of fused-ring (bicyclic) bond motifs is 2. The fraction of sp³-hybridized carbons (Fsp3) is 0.667. The van der Waals surface area contributed by atoms with Crippen LogP contribution in [0, 0.1) is 12.8 Å². The topological polar surface area (TPSA) is 50.4 Å². The number of carbonyl (C=O) groups excluding carboxylic acids is 1. The Bertz CT molecular complexity index is 596. The molecule has 0 saturated carbocycles. The van der Waals surface area contributed by atoms with Crippen LogP contribution in [0.2, 0.25) is 0 Å². The maximum Gasteiger partial charge on any atom is 0.220 e. The molecule has 2 heterocycles. The number of ether oxygens (including phenoxy) is 1. The summed E-state index contributed by atoms with van der Waals surface area (Å²) < 4.78 is 6.03. The van der Waals surface area contributed by atoms with E-state index in [1.54, 1.807) is 0 Å². The molecule has 2 aliphatic rings. The third-order valence-corrected chi connectivity index (χ3v) is 5.65. The number of benzene rings is 1. The number of rotatable bonds is 7. The molecule has 1 amide bonds. The molecule has 4 nitrogen and oxygen atoms in total. The van der Waals surface area contributed by atoms with Gasteiger partial charge in [-0.25, -0.2) is 0 Å². The van der Waals surface area contributed by atoms with Crippen LogP contribution in [0.5, 0.6) is 5.75 Å². The molecule has 2 saturated heterocycles. The van der Waals surface area contributed by atoms with Crippen LogP contribution in [0.1, 0.15) is 63.5 Å². The average molecular weight is 381 g/mol. The number of aryl methyl sites for hydroxylation is 1. The molecular formula is C21H33ClN2O2. The van der Waals surface area contributed by atoms with Crippen molar-refractivity contribution in [2.45, 2.75) is 84.0 Å². The SMILES string of the molecule is CCC(C)Oc1cc(C)ccc1CNC(=O)CC1CC2CCC(C1)N2.Cl. The van der Waals surface area contributed by atoms with Gasteiger partial charge >= 0.3 is 0 Å². The maximum atomic E-state index is 12.4. The smallest absolute Gasteiger partial charge is 0.220 e. The highest BCUT2D eigenvalue weighted by molar-refractivity contribution is 5.85. The average Bonchev–Trinajstić information content (AvgIpc) is 2.92. The van der Waals surface area contributed by atoms with E-state index in [1.165, 1.54) is 18.4 Å². The van der Waals surface area contributed by atoms with E-state index >= 15 is 0 Å². The molecule has 146 valence electrons. The first-order chi connectivity index (χ1) is 12.0. The summed E-state index contributed by atoms with van der Waals surface area (Å²) >= 11 is 0. The van der Waals surface area contributed by atoms with E-state index in [1.807, 2.05) is 0 Å². The van der Waals surface area contributed by atoms with Crippen molar-refractivity contribution in [1.82, 2.24) is 10.6 Å². The van der Waals surface area contributed by atoms with E-state index in [-0.39, 0.29) is 24.4 Å². The van der Waals surface area contributed by atoms with Gasteiger partial charge in [0.1, 0.15) is 5.75 Å². The Morgan fingerprint density at radius 3 is 2.65 bits per heavy atom. The van der Waals surface area contributed by atoms with E-state index in [4.69, 9.17) is 4.74 Å². The molecule has 0 aromatic heterocycles. The molecule has 1 aromatic carbocycles. The van der Waals surface area contributed by atoms with Crippen molar-refractivity contribution in [1.29, 1.82) is 0 Å². The second kappa shape index (κ2) is 9.61. The van der Waals surface area contributed by atoms with Gasteiger partial charge < -0.3 is 15.4 Å². The normalized spacial score (nSPS) is 25.3. The van der Waals surface area contributed by atoms with Gasteiger partial charge in [-0.2, -0.15) is 0 Å². The van der Waals surface area contributed by atoms with E-state index in [9.17, 15) is 4.79 Å². The summed E-state index contributed by atoms with van der Waals surface area (Å²) in [5.41, 5.74) is 2.24. The molecule has 0 aliphatic carbocycles. The molecule has 2 aliphatic heterocycles. The highest BCUT2D eigenvalue weighted by Gasteiger charge is 2.34. The van der Waals surface area contributed by atoms with Crippen molar-refractivity contribution >= 4 is 18.3 Å². The van der Waals surface area contributed by atoms with Gasteiger partial charge in [0.2, 0.25) is 5.91 Å². The zero-order valence-corrected chi connectivity index (χ0v) is 17.0. The minimum atomic E-state index is 0. The van der Waals surface area contributed by atoms with Crippen LogP contribution in [0.3, 0.4) is 0 Å². The number of hydrogen-bond donors (Lipinski definition) is 2. The number of piperidine rings is 1. The van der Waals surface area contributed by atoms with Crippen molar-refractivity contribution in [3.63, 3.8) is 0 Å². The Morgan fingerprint density at radius 2 is 2.00 bits per heavy atom. The van der Waals surface area contributed by atoms with Crippen molar-refractivity contribution in [2.75, 3.05) is 0 Å². The minimum Gasteiger partial charge on any atom is -0.490 e. The summed E-state index contributed by atoms with van der Waals surface area (Å²) in [4.78, 5) is 12.4. The Labute approximate surface area is 163 Å². The molecule has 2 fully saturated rings. The van der Waals surface area contributed by atoms with Gasteiger partial charge in [-0.15, -0.1) is 12.4 Å². The number of carbonyl (C=O) groups is 1. The molecule has 3 atom stereocenters. The lowest BCUT2D eigenvalue weighted by Crippen LogP contribution is -2.39. The van der Waals surface area contributed by atoms with Crippen molar-refractivity contribution in [3.05, 3.63) is 29.3 Å². The summed E-state index contributed by atoms with van der Waals surface area (Å²) in [6.45, 7) is 6.81. The third kappa shape index (κ3) is 5.62. The monoisotopic (exact) mass is 380 g/mol. The highest BCUT2D eigenvalue weighted by atomic mass is 35.5. The predicted octanol–water partition coefficient (Wildman–Crippen LogP) is 4.13. The van der Waals surface area contributed by atoms with Crippen LogP contribution in [-0.2, 0) is 11.3 Å². The van der Waals surface area contributed by atoms with Gasteiger partial charge in [-0.3, -0.25) is 4.79 Å². The van der Waals surface area contributed by atoms with Gasteiger partial charge in [0, 0.05) is 30.6 Å². The second-order valence-corrected chi connectivity index (χ2v) is 7.90. The molecule has 0 radical (unpaired) electrons.